The smallest absolute Gasteiger partial charge is 0.405 e. The van der Waals surface area contributed by atoms with Crippen molar-refractivity contribution in [1.82, 2.24) is 10.2 Å². The first-order chi connectivity index (χ1) is 13.3. The molecule has 0 bridgehead atoms. The number of ether oxygens (including phenoxy) is 1. The van der Waals surface area contributed by atoms with Crippen LogP contribution in [0.15, 0.2) is 48.5 Å². The molecule has 0 aliphatic carbocycles. The molecule has 0 heterocycles. The molecule has 1 amide bonds. The van der Waals surface area contributed by atoms with Crippen LogP contribution < -0.4 is 10.1 Å². The zero-order valence-corrected chi connectivity index (χ0v) is 14.8. The largest absolute Gasteiger partial charge is 0.573 e. The Kier molecular flexibility index (Phi) is 7.41. The lowest BCUT2D eigenvalue weighted by atomic mass is 10.2. The van der Waals surface area contributed by atoms with Gasteiger partial charge in [-0.15, -0.1) is 19.6 Å². The van der Waals surface area contributed by atoms with Gasteiger partial charge in [-0.3, -0.25) is 9.69 Å². The lowest BCUT2D eigenvalue weighted by Crippen LogP contribution is -2.37. The second-order valence-corrected chi connectivity index (χ2v) is 5.91. The van der Waals surface area contributed by atoms with E-state index in [1.807, 2.05) is 0 Å². The number of halogens is 4. The van der Waals surface area contributed by atoms with Gasteiger partial charge in [0.1, 0.15) is 11.6 Å². The van der Waals surface area contributed by atoms with Crippen molar-refractivity contribution in [2.45, 2.75) is 19.5 Å². The van der Waals surface area contributed by atoms with Crippen LogP contribution in [-0.4, -0.2) is 30.3 Å². The molecule has 0 atom stereocenters. The van der Waals surface area contributed by atoms with E-state index in [2.05, 4.69) is 16.0 Å². The van der Waals surface area contributed by atoms with E-state index >= 15 is 0 Å². The van der Waals surface area contributed by atoms with E-state index in [0.29, 0.717) is 6.54 Å². The van der Waals surface area contributed by atoms with Crippen molar-refractivity contribution in [3.63, 3.8) is 0 Å². The molecule has 0 aliphatic heterocycles. The number of para-hydroxylation sites is 1. The Morgan fingerprint density at radius 2 is 1.82 bits per heavy atom. The molecule has 0 radical (unpaired) electrons. The number of nitrogens with zero attached hydrogens (tertiary/aromatic N) is 1. The average Bonchev–Trinajstić information content (AvgIpc) is 2.62. The van der Waals surface area contributed by atoms with Gasteiger partial charge in [-0.25, -0.2) is 4.39 Å². The van der Waals surface area contributed by atoms with Gasteiger partial charge in [0.15, 0.2) is 0 Å². The first kappa shape index (κ1) is 21.3. The second-order valence-electron chi connectivity index (χ2n) is 5.91. The predicted octanol–water partition coefficient (Wildman–Crippen LogP) is 3.48. The van der Waals surface area contributed by atoms with Gasteiger partial charge >= 0.3 is 6.36 Å². The number of amides is 1. The second kappa shape index (κ2) is 9.76. The molecule has 0 saturated heterocycles. The summed E-state index contributed by atoms with van der Waals surface area (Å²) in [7, 11) is 0. The minimum atomic E-state index is -4.82. The van der Waals surface area contributed by atoms with E-state index in [1.54, 1.807) is 23.1 Å². The Hall–Kier alpha value is -3.05. The molecular formula is C20H18F4N2O2. The normalized spacial score (nSPS) is 11.1. The average molecular weight is 394 g/mol. The predicted molar refractivity (Wildman–Crippen MR) is 95.5 cm³/mol. The van der Waals surface area contributed by atoms with Crippen molar-refractivity contribution in [2.24, 2.45) is 0 Å². The lowest BCUT2D eigenvalue weighted by Gasteiger charge is -2.20. The fourth-order valence-corrected chi connectivity index (χ4v) is 2.47. The quantitative estimate of drug-likeness (QED) is 0.551. The number of hydrogen-bond donors (Lipinski definition) is 1. The summed E-state index contributed by atoms with van der Waals surface area (Å²) < 4.78 is 54.3. The summed E-state index contributed by atoms with van der Waals surface area (Å²) in [5.74, 6) is 1.28. The zero-order chi connectivity index (χ0) is 20.6. The SMILES string of the molecule is C#CCN(CC(=O)NCc1ccccc1OC(F)(F)F)Cc1ccc(F)cc1. The Morgan fingerprint density at radius 3 is 2.46 bits per heavy atom. The highest BCUT2D eigenvalue weighted by molar-refractivity contribution is 5.78. The molecular weight excluding hydrogens is 376 g/mol. The van der Waals surface area contributed by atoms with Crippen molar-refractivity contribution in [3.8, 4) is 18.1 Å². The molecule has 2 aromatic rings. The van der Waals surface area contributed by atoms with Crippen molar-refractivity contribution in [3.05, 3.63) is 65.5 Å². The number of rotatable bonds is 8. The third-order valence-corrected chi connectivity index (χ3v) is 3.68. The summed E-state index contributed by atoms with van der Waals surface area (Å²) in [6, 6.07) is 11.3. The highest BCUT2D eigenvalue weighted by atomic mass is 19.4. The third kappa shape index (κ3) is 7.29. The van der Waals surface area contributed by atoms with Crippen LogP contribution in [0.2, 0.25) is 0 Å². The molecule has 0 fully saturated rings. The first-order valence-electron chi connectivity index (χ1n) is 8.27. The topological polar surface area (TPSA) is 41.6 Å². The van der Waals surface area contributed by atoms with E-state index < -0.39 is 12.3 Å². The number of alkyl halides is 3. The number of nitrogens with one attached hydrogen (secondary N) is 1. The third-order valence-electron chi connectivity index (χ3n) is 3.68. The molecule has 2 rings (SSSR count). The van der Waals surface area contributed by atoms with Gasteiger partial charge in [0.25, 0.3) is 0 Å². The summed E-state index contributed by atoms with van der Waals surface area (Å²) in [6.45, 7) is 0.305. The minimum absolute atomic E-state index is 0.0656. The van der Waals surface area contributed by atoms with Gasteiger partial charge in [0, 0.05) is 18.7 Å². The molecule has 0 saturated carbocycles. The van der Waals surface area contributed by atoms with Crippen LogP contribution >= 0.6 is 0 Å². The Bertz CT molecular complexity index is 829. The van der Waals surface area contributed by atoms with Crippen LogP contribution in [0.1, 0.15) is 11.1 Å². The Balaban J connectivity index is 1.94. The molecule has 0 spiro atoms. The monoisotopic (exact) mass is 394 g/mol. The fourth-order valence-electron chi connectivity index (χ4n) is 2.47. The summed E-state index contributed by atoms with van der Waals surface area (Å²) in [4.78, 5) is 13.9. The van der Waals surface area contributed by atoms with Gasteiger partial charge in [-0.1, -0.05) is 36.3 Å². The molecule has 1 N–H and O–H groups in total. The van der Waals surface area contributed by atoms with Crippen LogP contribution in [-0.2, 0) is 17.9 Å². The maximum absolute atomic E-state index is 13.0. The summed E-state index contributed by atoms with van der Waals surface area (Å²) in [5.41, 5.74) is 0.962. The molecule has 28 heavy (non-hydrogen) atoms. The van der Waals surface area contributed by atoms with E-state index in [1.165, 1.54) is 30.3 Å². The molecule has 4 nitrogen and oxygen atoms in total. The summed E-state index contributed by atoms with van der Waals surface area (Å²) >= 11 is 0. The maximum atomic E-state index is 13.0. The van der Waals surface area contributed by atoms with Crippen LogP contribution in [0.4, 0.5) is 17.6 Å². The summed E-state index contributed by atoms with van der Waals surface area (Å²) in [5, 5.41) is 2.55. The molecule has 0 aromatic heterocycles. The first-order valence-corrected chi connectivity index (χ1v) is 8.27. The molecule has 2 aromatic carbocycles. The number of carbonyl (C=O) groups excluding carboxylic acids is 1. The zero-order valence-electron chi connectivity index (χ0n) is 14.8. The number of carbonyl (C=O) groups is 1. The Morgan fingerprint density at radius 1 is 1.14 bits per heavy atom. The van der Waals surface area contributed by atoms with Crippen molar-refractivity contribution in [1.29, 1.82) is 0 Å². The standard InChI is InChI=1S/C20H18F4N2O2/c1-2-11-26(13-15-7-9-17(21)10-8-15)14-19(27)25-12-16-5-3-4-6-18(16)28-20(22,23)24/h1,3-10H,11-14H2,(H,25,27). The van der Waals surface area contributed by atoms with Crippen LogP contribution in [0.25, 0.3) is 0 Å². The lowest BCUT2D eigenvalue weighted by molar-refractivity contribution is -0.274. The van der Waals surface area contributed by atoms with Gasteiger partial charge in [0.05, 0.1) is 13.1 Å². The molecule has 8 heteroatoms. The highest BCUT2D eigenvalue weighted by Crippen LogP contribution is 2.26. The number of hydrogen-bond acceptors (Lipinski definition) is 3. The van der Waals surface area contributed by atoms with Crippen molar-refractivity contribution >= 4 is 5.91 Å². The van der Waals surface area contributed by atoms with E-state index in [9.17, 15) is 22.4 Å². The number of terminal acetylenes is 1. The number of benzene rings is 2. The van der Waals surface area contributed by atoms with Crippen LogP contribution in [0.3, 0.4) is 0 Å². The van der Waals surface area contributed by atoms with Crippen molar-refractivity contribution < 1.29 is 27.1 Å². The molecule has 0 unspecified atom stereocenters. The van der Waals surface area contributed by atoms with Crippen LogP contribution in [0, 0.1) is 18.2 Å². The van der Waals surface area contributed by atoms with Gasteiger partial charge in [-0.05, 0) is 23.8 Å². The van der Waals surface area contributed by atoms with Crippen LogP contribution in [0.5, 0.6) is 5.75 Å². The maximum Gasteiger partial charge on any atom is 0.573 e. The highest BCUT2D eigenvalue weighted by Gasteiger charge is 2.32. The fraction of sp³-hybridized carbons (Fsp3) is 0.250. The Labute approximate surface area is 160 Å². The van der Waals surface area contributed by atoms with E-state index in [4.69, 9.17) is 6.42 Å². The van der Waals surface area contributed by atoms with Gasteiger partial charge < -0.3 is 10.1 Å². The van der Waals surface area contributed by atoms with Gasteiger partial charge in [0.2, 0.25) is 5.91 Å². The minimum Gasteiger partial charge on any atom is -0.405 e. The van der Waals surface area contributed by atoms with Gasteiger partial charge in [-0.2, -0.15) is 0 Å². The van der Waals surface area contributed by atoms with Crippen molar-refractivity contribution in [2.75, 3.05) is 13.1 Å². The summed E-state index contributed by atoms with van der Waals surface area (Å²) in [6.07, 6.45) is 0.500. The van der Waals surface area contributed by atoms with E-state index in [0.717, 1.165) is 5.56 Å². The molecule has 148 valence electrons. The van der Waals surface area contributed by atoms with E-state index in [-0.39, 0.29) is 36.8 Å². The molecule has 0 aliphatic rings.